The van der Waals surface area contributed by atoms with Gasteiger partial charge in [-0.05, 0) is 63.2 Å². The van der Waals surface area contributed by atoms with Crippen molar-refractivity contribution in [1.29, 1.82) is 0 Å². The molecule has 62 heavy (non-hydrogen) atoms. The molecule has 0 spiro atoms. The molecule has 0 bridgehead atoms. The van der Waals surface area contributed by atoms with Crippen molar-refractivity contribution in [3.8, 4) is 62.1 Å². The monoisotopic (exact) mass is 790 g/mol. The van der Waals surface area contributed by atoms with Crippen molar-refractivity contribution in [2.24, 2.45) is 0 Å². The Morgan fingerprint density at radius 2 is 0.855 bits per heavy atom. The van der Waals surface area contributed by atoms with Gasteiger partial charge < -0.3 is 4.57 Å². The highest BCUT2D eigenvalue weighted by atomic mass is 15.0. The smallest absolute Gasteiger partial charge is 0.164 e. The maximum Gasteiger partial charge on any atom is 0.164 e. The molecule has 9 aromatic carbocycles. The van der Waals surface area contributed by atoms with Gasteiger partial charge in [-0.1, -0.05) is 206 Å². The number of rotatable bonds is 7. The van der Waals surface area contributed by atoms with E-state index in [1.54, 1.807) is 0 Å². The third kappa shape index (κ3) is 5.58. The van der Waals surface area contributed by atoms with Gasteiger partial charge in [0.15, 0.2) is 17.5 Å². The number of fused-ring (bicyclic) bond motifs is 7. The van der Waals surface area contributed by atoms with Crippen molar-refractivity contribution in [2.45, 2.75) is 5.41 Å². The van der Waals surface area contributed by atoms with Crippen molar-refractivity contribution >= 4 is 21.8 Å². The van der Waals surface area contributed by atoms with Crippen molar-refractivity contribution in [2.75, 3.05) is 0 Å². The molecule has 0 radical (unpaired) electrons. The molecule has 0 saturated carbocycles. The average Bonchev–Trinajstić information content (AvgIpc) is 3.86. The van der Waals surface area contributed by atoms with Gasteiger partial charge in [0.2, 0.25) is 0 Å². The molecule has 290 valence electrons. The molecular weight excluding hydrogens is 753 g/mol. The molecule has 0 atom stereocenters. The van der Waals surface area contributed by atoms with E-state index in [0.29, 0.717) is 17.5 Å². The lowest BCUT2D eigenvalue weighted by Crippen LogP contribution is -2.29. The van der Waals surface area contributed by atoms with Crippen LogP contribution >= 0.6 is 0 Å². The fourth-order valence-corrected chi connectivity index (χ4v) is 9.83. The van der Waals surface area contributed by atoms with Gasteiger partial charge in [-0.3, -0.25) is 0 Å². The van der Waals surface area contributed by atoms with Crippen LogP contribution in [0.3, 0.4) is 0 Å². The number of nitrogens with zero attached hydrogens (tertiary/aromatic N) is 4. The number of hydrogen-bond donors (Lipinski definition) is 0. The summed E-state index contributed by atoms with van der Waals surface area (Å²) >= 11 is 0. The minimum atomic E-state index is -0.608. The van der Waals surface area contributed by atoms with Gasteiger partial charge in [-0.2, -0.15) is 0 Å². The molecule has 1 aliphatic rings. The first kappa shape index (κ1) is 35.7. The summed E-state index contributed by atoms with van der Waals surface area (Å²) in [6, 6.07) is 82.5. The molecule has 1 aliphatic carbocycles. The van der Waals surface area contributed by atoms with E-state index < -0.39 is 5.41 Å². The summed E-state index contributed by atoms with van der Waals surface area (Å²) in [4.78, 5) is 15.3. The van der Waals surface area contributed by atoms with Crippen LogP contribution in [-0.2, 0) is 5.41 Å². The fourth-order valence-electron chi connectivity index (χ4n) is 9.83. The first-order valence-electron chi connectivity index (χ1n) is 21.1. The Hall–Kier alpha value is -8.21. The second kappa shape index (κ2) is 14.5. The average molecular weight is 791 g/mol. The second-order valence-corrected chi connectivity index (χ2v) is 15.9. The minimum Gasteiger partial charge on any atom is -0.309 e. The first-order chi connectivity index (χ1) is 30.8. The molecular formula is C58H38N4. The maximum absolute atomic E-state index is 5.15. The Balaban J connectivity index is 1.18. The first-order valence-corrected chi connectivity index (χ1v) is 21.1. The van der Waals surface area contributed by atoms with Crippen LogP contribution in [-0.4, -0.2) is 19.5 Å². The quantitative estimate of drug-likeness (QED) is 0.161. The van der Waals surface area contributed by atoms with Crippen LogP contribution in [0.2, 0.25) is 0 Å². The van der Waals surface area contributed by atoms with E-state index in [0.717, 1.165) is 27.9 Å². The van der Waals surface area contributed by atoms with Gasteiger partial charge in [0.25, 0.3) is 0 Å². The highest BCUT2D eigenvalue weighted by molar-refractivity contribution is 6.14. The minimum absolute atomic E-state index is 0.608. The second-order valence-electron chi connectivity index (χ2n) is 15.9. The highest BCUT2D eigenvalue weighted by Gasteiger charge is 2.48. The molecule has 12 rings (SSSR count). The summed E-state index contributed by atoms with van der Waals surface area (Å²) in [6.07, 6.45) is 0. The van der Waals surface area contributed by atoms with Crippen LogP contribution in [0.1, 0.15) is 22.3 Å². The van der Waals surface area contributed by atoms with Gasteiger partial charge >= 0.3 is 0 Å². The predicted molar refractivity (Wildman–Crippen MR) is 253 cm³/mol. The summed E-state index contributed by atoms with van der Waals surface area (Å²) in [6.45, 7) is 0. The molecule has 0 N–H and O–H groups in total. The van der Waals surface area contributed by atoms with E-state index in [-0.39, 0.29) is 0 Å². The topological polar surface area (TPSA) is 43.6 Å². The Morgan fingerprint density at radius 1 is 0.339 bits per heavy atom. The van der Waals surface area contributed by atoms with Crippen molar-refractivity contribution in [3.05, 3.63) is 253 Å². The Bertz CT molecular complexity index is 3340. The van der Waals surface area contributed by atoms with E-state index >= 15 is 0 Å². The number of benzene rings is 9. The molecule has 0 fully saturated rings. The lowest BCUT2D eigenvalue weighted by atomic mass is 9.67. The predicted octanol–water partition coefficient (Wildman–Crippen LogP) is 14.0. The van der Waals surface area contributed by atoms with Crippen LogP contribution < -0.4 is 0 Å². The molecule has 4 heteroatoms. The molecule has 11 aromatic rings. The zero-order valence-corrected chi connectivity index (χ0v) is 33.7. The molecule has 0 saturated heterocycles. The molecule has 0 amide bonds. The molecule has 2 aromatic heterocycles. The maximum atomic E-state index is 5.15. The molecule has 2 heterocycles. The van der Waals surface area contributed by atoms with Crippen molar-refractivity contribution in [3.63, 3.8) is 0 Å². The van der Waals surface area contributed by atoms with E-state index in [9.17, 15) is 0 Å². The molecule has 0 aliphatic heterocycles. The molecule has 4 nitrogen and oxygen atoms in total. The van der Waals surface area contributed by atoms with Gasteiger partial charge in [0.1, 0.15) is 0 Å². The number of hydrogen-bond acceptors (Lipinski definition) is 3. The van der Waals surface area contributed by atoms with E-state index in [1.807, 2.05) is 36.4 Å². The normalized spacial score (nSPS) is 12.6. The lowest BCUT2D eigenvalue weighted by Gasteiger charge is -2.34. The van der Waals surface area contributed by atoms with Crippen LogP contribution in [0.25, 0.3) is 83.9 Å². The van der Waals surface area contributed by atoms with Crippen molar-refractivity contribution in [1.82, 2.24) is 19.5 Å². The Labute approximate surface area is 360 Å². The summed E-state index contributed by atoms with van der Waals surface area (Å²) in [5.41, 5.74) is 15.4. The van der Waals surface area contributed by atoms with Crippen LogP contribution in [0.15, 0.2) is 231 Å². The SMILES string of the molecule is c1ccc(-c2ccc3c(c2)c2ccc4c(c2n3-c2cccc(-c3nc(-c5ccccc5)nc(-c5ccccc5)n3)c2)C(c2ccccc2)(c2ccccc2)c2ccccc2-4)cc1. The zero-order chi connectivity index (χ0) is 41.0. The highest BCUT2D eigenvalue weighted by Crippen LogP contribution is 2.59. The van der Waals surface area contributed by atoms with Crippen molar-refractivity contribution < 1.29 is 0 Å². The van der Waals surface area contributed by atoms with Crippen LogP contribution in [0.5, 0.6) is 0 Å². The summed E-state index contributed by atoms with van der Waals surface area (Å²) in [7, 11) is 0. The summed E-state index contributed by atoms with van der Waals surface area (Å²) < 4.78 is 2.49. The largest absolute Gasteiger partial charge is 0.309 e. The third-order valence-electron chi connectivity index (χ3n) is 12.5. The van der Waals surface area contributed by atoms with Gasteiger partial charge in [0, 0.05) is 38.7 Å². The van der Waals surface area contributed by atoms with E-state index in [1.165, 1.54) is 60.8 Å². The number of aromatic nitrogens is 4. The summed E-state index contributed by atoms with van der Waals surface area (Å²) in [5.74, 6) is 1.89. The fraction of sp³-hybridized carbons (Fsp3) is 0.0172. The Morgan fingerprint density at radius 3 is 1.47 bits per heavy atom. The van der Waals surface area contributed by atoms with Gasteiger partial charge in [-0.15, -0.1) is 0 Å². The van der Waals surface area contributed by atoms with Gasteiger partial charge in [0.05, 0.1) is 16.4 Å². The van der Waals surface area contributed by atoms with E-state index in [4.69, 9.17) is 15.0 Å². The lowest BCUT2D eigenvalue weighted by molar-refractivity contribution is 0.772. The van der Waals surface area contributed by atoms with E-state index in [2.05, 4.69) is 199 Å². The van der Waals surface area contributed by atoms with Gasteiger partial charge in [-0.25, -0.2) is 15.0 Å². The summed E-state index contributed by atoms with van der Waals surface area (Å²) in [5, 5.41) is 2.39. The molecule has 0 unspecified atom stereocenters. The van der Waals surface area contributed by atoms with Crippen LogP contribution in [0.4, 0.5) is 0 Å². The Kier molecular flexibility index (Phi) is 8.36. The standard InChI is InChI=1S/C58H38N4/c1-6-19-39(20-7-1)42-33-36-52-50(38-42)49-35-34-48-47-31-16-17-32-51(47)58(44-26-12-4-13-27-44,45-28-14-5-15-29-45)53(48)54(49)62(52)46-30-18-25-43(37-46)57-60-55(40-21-8-2-9-22-40)59-56(61-57)41-23-10-3-11-24-41/h1-38H. The van der Waals surface area contributed by atoms with Crippen LogP contribution in [0, 0.1) is 0 Å². The zero-order valence-electron chi connectivity index (χ0n) is 33.7. The third-order valence-corrected chi connectivity index (χ3v) is 12.5.